The van der Waals surface area contributed by atoms with Crippen molar-refractivity contribution in [3.8, 4) is 5.75 Å². The van der Waals surface area contributed by atoms with Crippen molar-refractivity contribution in [2.75, 3.05) is 11.9 Å². The quantitative estimate of drug-likeness (QED) is 0.674. The van der Waals surface area contributed by atoms with Crippen molar-refractivity contribution < 1.29 is 18.3 Å². The zero-order valence-electron chi connectivity index (χ0n) is 14.2. The number of anilines is 1. The average Bonchev–Trinajstić information content (AvgIpc) is 2.63. The number of hydrogen-bond donors (Lipinski definition) is 1. The molecule has 3 aromatic carbocycles. The number of benzene rings is 3. The summed E-state index contributed by atoms with van der Waals surface area (Å²) >= 11 is -2.32. The number of hydrogen-bond acceptors (Lipinski definition) is 4. The summed E-state index contributed by atoms with van der Waals surface area (Å²) in [6.45, 7) is 2.50. The molecular weight excluding hydrogens is 350 g/mol. The van der Waals surface area contributed by atoms with E-state index in [1.54, 1.807) is 48.5 Å². The highest BCUT2D eigenvalue weighted by Crippen LogP contribution is 2.25. The maximum absolute atomic E-state index is 12.4. The minimum Gasteiger partial charge on any atom is -0.768 e. The average molecular weight is 368 g/mol. The Morgan fingerprint density at radius 3 is 2.42 bits per heavy atom. The van der Waals surface area contributed by atoms with E-state index in [1.807, 2.05) is 19.1 Å². The highest BCUT2D eigenvalue weighted by Gasteiger charge is 2.10. The summed E-state index contributed by atoms with van der Waals surface area (Å²) in [5, 5.41) is 4.22. The van der Waals surface area contributed by atoms with E-state index in [1.165, 1.54) is 0 Å². The molecule has 1 amide bonds. The van der Waals surface area contributed by atoms with Crippen molar-refractivity contribution in [2.24, 2.45) is 0 Å². The van der Waals surface area contributed by atoms with Crippen LogP contribution in [0, 0.1) is 0 Å². The number of ether oxygens (including phenoxy) is 1. The Hall–Kier alpha value is -2.70. The third-order valence-corrected chi connectivity index (χ3v) is 4.67. The topological polar surface area (TPSA) is 78.5 Å². The van der Waals surface area contributed by atoms with E-state index >= 15 is 0 Å². The molecule has 0 bridgehead atoms. The molecule has 26 heavy (non-hydrogen) atoms. The second kappa shape index (κ2) is 8.12. The molecule has 1 unspecified atom stereocenters. The van der Waals surface area contributed by atoms with Gasteiger partial charge in [0.15, 0.2) is 0 Å². The second-order valence-corrected chi connectivity index (χ2v) is 6.59. The van der Waals surface area contributed by atoms with Crippen molar-refractivity contribution in [1.29, 1.82) is 0 Å². The number of carbonyl (C=O) groups is 1. The number of rotatable bonds is 6. The summed E-state index contributed by atoms with van der Waals surface area (Å²) in [4.78, 5) is 12.6. The number of amides is 1. The molecule has 0 aromatic heterocycles. The molecule has 0 saturated carbocycles. The highest BCUT2D eigenvalue weighted by atomic mass is 32.2. The molecule has 0 fully saturated rings. The van der Waals surface area contributed by atoms with Gasteiger partial charge >= 0.3 is 0 Å². The van der Waals surface area contributed by atoms with Crippen molar-refractivity contribution in [3.63, 3.8) is 0 Å². The van der Waals surface area contributed by atoms with Crippen LogP contribution in [0.15, 0.2) is 65.6 Å². The fourth-order valence-electron chi connectivity index (χ4n) is 2.83. The summed E-state index contributed by atoms with van der Waals surface area (Å²) in [6, 6.07) is 17.6. The first kappa shape index (κ1) is 18.1. The second-order valence-electron chi connectivity index (χ2n) is 5.69. The lowest BCUT2D eigenvalue weighted by Gasteiger charge is -2.12. The van der Waals surface area contributed by atoms with Gasteiger partial charge in [-0.1, -0.05) is 30.3 Å². The van der Waals surface area contributed by atoms with E-state index in [2.05, 4.69) is 5.32 Å². The number of carbonyl (C=O) groups excluding carboxylic acids is 1. The van der Waals surface area contributed by atoms with Crippen LogP contribution in [-0.4, -0.2) is 21.3 Å². The molecule has 5 nitrogen and oxygen atoms in total. The van der Waals surface area contributed by atoms with E-state index in [4.69, 9.17) is 4.74 Å². The van der Waals surface area contributed by atoms with Gasteiger partial charge < -0.3 is 14.6 Å². The predicted octanol–water partition coefficient (Wildman–Crippen LogP) is 3.66. The largest absolute Gasteiger partial charge is 0.768 e. The Morgan fingerprint density at radius 2 is 1.73 bits per heavy atom. The van der Waals surface area contributed by atoms with E-state index < -0.39 is 11.1 Å². The fourth-order valence-corrected chi connectivity index (χ4v) is 3.37. The lowest BCUT2D eigenvalue weighted by atomic mass is 10.0. The fraction of sp³-hybridized carbons (Fsp3) is 0.150. The molecular formula is C20H18NO4S-. The number of fused-ring (bicyclic) bond motifs is 1. The van der Waals surface area contributed by atoms with Crippen LogP contribution in [0.5, 0.6) is 5.75 Å². The van der Waals surface area contributed by atoms with Crippen LogP contribution in [0.25, 0.3) is 10.8 Å². The minimum absolute atomic E-state index is 0.152. The van der Waals surface area contributed by atoms with Crippen LogP contribution in [0.2, 0.25) is 0 Å². The summed E-state index contributed by atoms with van der Waals surface area (Å²) < 4.78 is 28.1. The van der Waals surface area contributed by atoms with Gasteiger partial charge in [-0.05, 0) is 64.7 Å². The molecule has 0 saturated heterocycles. The van der Waals surface area contributed by atoms with Crippen LogP contribution < -0.4 is 10.1 Å². The standard InChI is InChI=1S/C20H19NO4S/c1-2-25-16-11-9-15(10-12-16)21-20(22)13-14-5-3-7-18-17(14)6-4-8-19(18)26(23)24/h3-12H,2,13H2,1H3,(H,21,22)(H,23,24)/p-1. The summed E-state index contributed by atoms with van der Waals surface area (Å²) in [5.74, 6) is 0.577. The van der Waals surface area contributed by atoms with E-state index in [-0.39, 0.29) is 17.2 Å². The van der Waals surface area contributed by atoms with E-state index in [0.717, 1.165) is 16.7 Å². The lowest BCUT2D eigenvalue weighted by molar-refractivity contribution is -0.115. The molecule has 1 atom stereocenters. The molecule has 3 rings (SSSR count). The molecule has 0 radical (unpaired) electrons. The molecule has 0 aliphatic carbocycles. The molecule has 0 aliphatic rings. The normalized spacial score (nSPS) is 11.9. The van der Waals surface area contributed by atoms with Gasteiger partial charge in [0.25, 0.3) is 0 Å². The third kappa shape index (κ3) is 4.09. The Bertz CT molecular complexity index is 954. The summed E-state index contributed by atoms with van der Waals surface area (Å²) in [6.07, 6.45) is 0.152. The maximum atomic E-state index is 12.4. The Labute approximate surface area is 154 Å². The zero-order chi connectivity index (χ0) is 18.5. The van der Waals surface area contributed by atoms with Crippen molar-refractivity contribution in [2.45, 2.75) is 18.2 Å². The molecule has 6 heteroatoms. The van der Waals surface area contributed by atoms with Gasteiger partial charge in [0, 0.05) is 10.6 Å². The van der Waals surface area contributed by atoms with Crippen molar-refractivity contribution >= 4 is 33.4 Å². The summed E-state index contributed by atoms with van der Waals surface area (Å²) in [7, 11) is 0. The molecule has 0 aliphatic heterocycles. The van der Waals surface area contributed by atoms with E-state index in [0.29, 0.717) is 17.7 Å². The summed E-state index contributed by atoms with van der Waals surface area (Å²) in [5.41, 5.74) is 1.46. The SMILES string of the molecule is CCOc1ccc(NC(=O)Cc2cccc3c(S(=O)[O-])cccc23)cc1. The molecule has 134 valence electrons. The minimum atomic E-state index is -2.32. The van der Waals surface area contributed by atoms with Gasteiger partial charge in [-0.2, -0.15) is 0 Å². The predicted molar refractivity (Wildman–Crippen MR) is 101 cm³/mol. The smallest absolute Gasteiger partial charge is 0.228 e. The van der Waals surface area contributed by atoms with Gasteiger partial charge in [0.2, 0.25) is 5.91 Å². The van der Waals surface area contributed by atoms with Crippen LogP contribution in [0.4, 0.5) is 5.69 Å². The van der Waals surface area contributed by atoms with E-state index in [9.17, 15) is 13.6 Å². The number of nitrogens with one attached hydrogen (secondary N) is 1. The first-order valence-electron chi connectivity index (χ1n) is 8.21. The molecule has 0 spiro atoms. The van der Waals surface area contributed by atoms with Gasteiger partial charge in [-0.15, -0.1) is 0 Å². The van der Waals surface area contributed by atoms with Crippen molar-refractivity contribution in [3.05, 3.63) is 66.2 Å². The maximum Gasteiger partial charge on any atom is 0.228 e. The van der Waals surface area contributed by atoms with Gasteiger partial charge in [0.1, 0.15) is 5.75 Å². The monoisotopic (exact) mass is 368 g/mol. The Balaban J connectivity index is 1.79. The molecule has 0 heterocycles. The van der Waals surface area contributed by atoms with Gasteiger partial charge in [0.05, 0.1) is 13.0 Å². The first-order chi connectivity index (χ1) is 12.6. The zero-order valence-corrected chi connectivity index (χ0v) is 15.0. The van der Waals surface area contributed by atoms with Gasteiger partial charge in [-0.3, -0.25) is 9.00 Å². The third-order valence-electron chi connectivity index (χ3n) is 3.95. The van der Waals surface area contributed by atoms with Crippen LogP contribution in [-0.2, 0) is 22.3 Å². The van der Waals surface area contributed by atoms with Crippen LogP contribution in [0.3, 0.4) is 0 Å². The lowest BCUT2D eigenvalue weighted by Crippen LogP contribution is -2.14. The van der Waals surface area contributed by atoms with Gasteiger partial charge in [-0.25, -0.2) is 0 Å². The van der Waals surface area contributed by atoms with Crippen molar-refractivity contribution in [1.82, 2.24) is 0 Å². The highest BCUT2D eigenvalue weighted by molar-refractivity contribution is 7.79. The Kier molecular flexibility index (Phi) is 5.65. The molecule has 1 N–H and O–H groups in total. The first-order valence-corrected chi connectivity index (χ1v) is 9.28. The molecule has 3 aromatic rings. The van der Waals surface area contributed by atoms with Crippen LogP contribution in [0.1, 0.15) is 12.5 Å². The van der Waals surface area contributed by atoms with Crippen LogP contribution >= 0.6 is 0 Å². The Morgan fingerprint density at radius 1 is 1.04 bits per heavy atom.